The molecule has 5 nitrogen and oxygen atoms in total. The molecule has 0 saturated carbocycles. The Morgan fingerprint density at radius 3 is 2.75 bits per heavy atom. The number of benzene rings is 1. The molecule has 0 bridgehead atoms. The summed E-state index contributed by atoms with van der Waals surface area (Å²) in [6, 6.07) is 3.15. The zero-order valence-electron chi connectivity index (χ0n) is 8.73. The van der Waals surface area contributed by atoms with Crippen molar-refractivity contribution in [1.82, 2.24) is 0 Å². The van der Waals surface area contributed by atoms with Gasteiger partial charge in [0.05, 0.1) is 12.0 Å². The van der Waals surface area contributed by atoms with Crippen LogP contribution in [0.5, 0.6) is 11.5 Å². The number of hydrogen-bond acceptors (Lipinski definition) is 4. The number of ether oxygens (including phenoxy) is 1. The molecule has 0 amide bonds. The zero-order valence-corrected chi connectivity index (χ0v) is 10.3. The Kier molecular flexibility index (Phi) is 3.89. The summed E-state index contributed by atoms with van der Waals surface area (Å²) in [5.41, 5.74) is 0.274. The van der Waals surface area contributed by atoms with Gasteiger partial charge in [-0.25, -0.2) is 0 Å². The molecule has 0 aromatic heterocycles. The van der Waals surface area contributed by atoms with Gasteiger partial charge in [-0.2, -0.15) is 0 Å². The van der Waals surface area contributed by atoms with E-state index in [9.17, 15) is 15.2 Å². The maximum atomic E-state index is 10.5. The summed E-state index contributed by atoms with van der Waals surface area (Å²) < 4.78 is 5.60. The minimum absolute atomic E-state index is 0.0598. The third-order valence-corrected chi connectivity index (χ3v) is 2.40. The van der Waals surface area contributed by atoms with Crippen molar-refractivity contribution >= 4 is 22.0 Å². The highest BCUT2D eigenvalue weighted by atomic mass is 79.9. The molecule has 0 spiro atoms. The summed E-state index contributed by atoms with van der Waals surface area (Å²) in [6.07, 6.45) is 1.28. The Hall–Kier alpha value is -1.56. The molecule has 0 fully saturated rings. The van der Waals surface area contributed by atoms with Gasteiger partial charge in [-0.15, -0.1) is 0 Å². The number of aromatic hydroxyl groups is 1. The molecule has 1 aromatic rings. The van der Waals surface area contributed by atoms with Gasteiger partial charge in [0.1, 0.15) is 0 Å². The molecule has 86 valence electrons. The Bertz CT molecular complexity index is 456. The molecule has 0 aliphatic rings. The van der Waals surface area contributed by atoms with Gasteiger partial charge < -0.3 is 9.84 Å². The lowest BCUT2D eigenvalue weighted by atomic mass is 10.1. The molecular formula is C10H10BrNO4. The molecule has 0 atom stereocenters. The van der Waals surface area contributed by atoms with Crippen molar-refractivity contribution in [2.45, 2.75) is 6.92 Å². The number of allylic oxidation sites excluding steroid dienone is 1. The monoisotopic (exact) mass is 287 g/mol. The molecule has 0 aliphatic heterocycles. The van der Waals surface area contributed by atoms with Crippen LogP contribution in [0.1, 0.15) is 12.5 Å². The van der Waals surface area contributed by atoms with E-state index >= 15 is 0 Å². The smallest absolute Gasteiger partial charge is 0.243 e. The van der Waals surface area contributed by atoms with Crippen LogP contribution in [-0.4, -0.2) is 17.1 Å². The first-order chi connectivity index (χ1) is 7.45. The summed E-state index contributed by atoms with van der Waals surface area (Å²) in [6.45, 7) is 1.35. The van der Waals surface area contributed by atoms with Crippen LogP contribution in [0.3, 0.4) is 0 Å². The highest BCUT2D eigenvalue weighted by Gasteiger charge is 2.11. The van der Waals surface area contributed by atoms with E-state index in [0.29, 0.717) is 10.0 Å². The van der Waals surface area contributed by atoms with E-state index in [2.05, 4.69) is 15.9 Å². The van der Waals surface area contributed by atoms with Gasteiger partial charge in [0.15, 0.2) is 11.5 Å². The first kappa shape index (κ1) is 12.5. The van der Waals surface area contributed by atoms with Crippen LogP contribution in [-0.2, 0) is 0 Å². The second kappa shape index (κ2) is 4.98. The number of nitrogens with zero attached hydrogens (tertiary/aromatic N) is 1. The molecule has 1 aromatic carbocycles. The van der Waals surface area contributed by atoms with Crippen molar-refractivity contribution < 1.29 is 14.8 Å². The maximum Gasteiger partial charge on any atom is 0.243 e. The standard InChI is InChI=1S/C10H10BrNO4/c1-6(12(14)15)3-7-4-8(11)5-9(16-2)10(7)13/h3-5,13H,1-2H3/b6-3+. The Morgan fingerprint density at radius 1 is 1.62 bits per heavy atom. The lowest BCUT2D eigenvalue weighted by molar-refractivity contribution is -0.422. The molecule has 0 radical (unpaired) electrons. The third-order valence-electron chi connectivity index (χ3n) is 1.94. The van der Waals surface area contributed by atoms with Crippen LogP contribution in [0.2, 0.25) is 0 Å². The third kappa shape index (κ3) is 2.73. The Labute approximate surface area is 101 Å². The largest absolute Gasteiger partial charge is 0.504 e. The average molecular weight is 288 g/mol. The number of phenols is 1. The molecule has 0 aliphatic carbocycles. The molecule has 6 heteroatoms. The minimum Gasteiger partial charge on any atom is -0.504 e. The second-order valence-corrected chi connectivity index (χ2v) is 4.00. The van der Waals surface area contributed by atoms with E-state index < -0.39 is 4.92 Å². The summed E-state index contributed by atoms with van der Waals surface area (Å²) in [5, 5.41) is 20.2. The Morgan fingerprint density at radius 2 is 2.25 bits per heavy atom. The van der Waals surface area contributed by atoms with Crippen molar-refractivity contribution in [3.63, 3.8) is 0 Å². The number of phenolic OH excluding ortho intramolecular Hbond substituents is 1. The van der Waals surface area contributed by atoms with E-state index in [0.717, 1.165) is 0 Å². The van der Waals surface area contributed by atoms with Crippen LogP contribution in [0, 0.1) is 10.1 Å². The van der Waals surface area contributed by atoms with E-state index in [-0.39, 0.29) is 17.2 Å². The van der Waals surface area contributed by atoms with Gasteiger partial charge >= 0.3 is 0 Å². The summed E-state index contributed by atoms with van der Waals surface area (Å²) >= 11 is 3.22. The zero-order chi connectivity index (χ0) is 12.3. The minimum atomic E-state index is -0.521. The van der Waals surface area contributed by atoms with Gasteiger partial charge in [-0.1, -0.05) is 15.9 Å². The maximum absolute atomic E-state index is 10.5. The van der Waals surface area contributed by atoms with Crippen molar-refractivity contribution in [3.8, 4) is 11.5 Å². The molecule has 0 heterocycles. The molecule has 1 N–H and O–H groups in total. The SMILES string of the molecule is COc1cc(Br)cc(/C=C(\C)[N+](=O)[O-])c1O. The second-order valence-electron chi connectivity index (χ2n) is 3.09. The van der Waals surface area contributed by atoms with Gasteiger partial charge in [0, 0.05) is 23.0 Å². The number of halogens is 1. The van der Waals surface area contributed by atoms with E-state index in [1.807, 2.05) is 0 Å². The number of rotatable bonds is 3. The topological polar surface area (TPSA) is 72.6 Å². The van der Waals surface area contributed by atoms with Crippen molar-refractivity contribution in [3.05, 3.63) is 38.0 Å². The van der Waals surface area contributed by atoms with Gasteiger partial charge in [-0.05, 0) is 12.1 Å². The fourth-order valence-corrected chi connectivity index (χ4v) is 1.59. The van der Waals surface area contributed by atoms with Gasteiger partial charge in [0.2, 0.25) is 5.70 Å². The molecule has 0 saturated heterocycles. The van der Waals surface area contributed by atoms with Crippen molar-refractivity contribution in [2.75, 3.05) is 7.11 Å². The van der Waals surface area contributed by atoms with Crippen LogP contribution < -0.4 is 4.74 Å². The fraction of sp³-hybridized carbons (Fsp3) is 0.200. The van der Waals surface area contributed by atoms with Crippen molar-refractivity contribution in [1.29, 1.82) is 0 Å². The summed E-state index contributed by atoms with van der Waals surface area (Å²) in [5.74, 6) is 0.142. The average Bonchev–Trinajstić information content (AvgIpc) is 2.22. The predicted octanol–water partition coefficient (Wildman–Crippen LogP) is 2.80. The Balaban J connectivity index is 3.29. The van der Waals surface area contributed by atoms with Crippen LogP contribution >= 0.6 is 15.9 Å². The van der Waals surface area contributed by atoms with Gasteiger partial charge in [-0.3, -0.25) is 10.1 Å². The van der Waals surface area contributed by atoms with Crippen LogP contribution in [0.15, 0.2) is 22.3 Å². The highest BCUT2D eigenvalue weighted by molar-refractivity contribution is 9.10. The molecular weight excluding hydrogens is 278 g/mol. The first-order valence-electron chi connectivity index (χ1n) is 4.35. The van der Waals surface area contributed by atoms with Crippen LogP contribution in [0.25, 0.3) is 6.08 Å². The number of methoxy groups -OCH3 is 1. The quantitative estimate of drug-likeness (QED) is 0.685. The van der Waals surface area contributed by atoms with E-state index in [4.69, 9.17) is 4.74 Å². The van der Waals surface area contributed by atoms with Crippen LogP contribution in [0.4, 0.5) is 0 Å². The fourth-order valence-electron chi connectivity index (χ4n) is 1.14. The van der Waals surface area contributed by atoms with Gasteiger partial charge in [0.25, 0.3) is 0 Å². The van der Waals surface area contributed by atoms with Crippen molar-refractivity contribution in [2.24, 2.45) is 0 Å². The molecule has 16 heavy (non-hydrogen) atoms. The normalized spacial score (nSPS) is 11.3. The van der Waals surface area contributed by atoms with E-state index in [1.165, 1.54) is 20.1 Å². The molecule has 1 rings (SSSR count). The highest BCUT2D eigenvalue weighted by Crippen LogP contribution is 2.34. The predicted molar refractivity (Wildman–Crippen MR) is 63.0 cm³/mol. The first-order valence-corrected chi connectivity index (χ1v) is 5.14. The number of nitro groups is 1. The number of hydrogen-bond donors (Lipinski definition) is 1. The lowest BCUT2D eigenvalue weighted by Crippen LogP contribution is -1.94. The summed E-state index contributed by atoms with van der Waals surface area (Å²) in [4.78, 5) is 9.95. The summed E-state index contributed by atoms with van der Waals surface area (Å²) in [7, 11) is 1.41. The van der Waals surface area contributed by atoms with E-state index in [1.54, 1.807) is 12.1 Å². The molecule has 0 unspecified atom stereocenters. The lowest BCUT2D eigenvalue weighted by Gasteiger charge is -2.06.